The van der Waals surface area contributed by atoms with Crippen LogP contribution in [-0.4, -0.2) is 36.6 Å². The highest BCUT2D eigenvalue weighted by Gasteiger charge is 2.27. The van der Waals surface area contributed by atoms with E-state index in [1.807, 2.05) is 6.92 Å². The van der Waals surface area contributed by atoms with E-state index in [2.05, 4.69) is 4.90 Å². The molecule has 0 radical (unpaired) electrons. The van der Waals surface area contributed by atoms with Gasteiger partial charge in [0.15, 0.2) is 0 Å². The number of ether oxygens (including phenoxy) is 1. The molecule has 2 aliphatic rings. The molecule has 1 aliphatic heterocycles. The standard InChI is InChI=1S/C17H31NO2/c1-2-20-17(19)14-16(18-11-7-4-8-12-18)13-15-9-5-3-6-10-15/h15-16H,2-14H2,1H3. The van der Waals surface area contributed by atoms with Crippen LogP contribution in [0.1, 0.15) is 71.1 Å². The molecule has 0 N–H and O–H groups in total. The van der Waals surface area contributed by atoms with Gasteiger partial charge in [-0.2, -0.15) is 0 Å². The molecule has 0 amide bonds. The summed E-state index contributed by atoms with van der Waals surface area (Å²) in [6.45, 7) is 4.76. The zero-order valence-electron chi connectivity index (χ0n) is 13.1. The SMILES string of the molecule is CCOC(=O)CC(CC1CCCCC1)N1CCCCC1. The van der Waals surface area contributed by atoms with Crippen molar-refractivity contribution in [1.82, 2.24) is 4.90 Å². The highest BCUT2D eigenvalue weighted by molar-refractivity contribution is 5.70. The quantitative estimate of drug-likeness (QED) is 0.694. The Morgan fingerprint density at radius 2 is 1.75 bits per heavy atom. The van der Waals surface area contributed by atoms with E-state index in [9.17, 15) is 4.79 Å². The van der Waals surface area contributed by atoms with Crippen molar-refractivity contribution in [2.75, 3.05) is 19.7 Å². The van der Waals surface area contributed by atoms with E-state index in [4.69, 9.17) is 4.74 Å². The summed E-state index contributed by atoms with van der Waals surface area (Å²) in [6.07, 6.45) is 12.7. The van der Waals surface area contributed by atoms with Crippen molar-refractivity contribution in [3.8, 4) is 0 Å². The van der Waals surface area contributed by atoms with Crippen LogP contribution in [0.4, 0.5) is 0 Å². The summed E-state index contributed by atoms with van der Waals surface area (Å²) in [4.78, 5) is 14.5. The smallest absolute Gasteiger partial charge is 0.307 e. The monoisotopic (exact) mass is 281 g/mol. The van der Waals surface area contributed by atoms with E-state index in [0.29, 0.717) is 19.1 Å². The van der Waals surface area contributed by atoms with Crippen LogP contribution in [-0.2, 0) is 9.53 Å². The van der Waals surface area contributed by atoms with Crippen molar-refractivity contribution in [3.63, 3.8) is 0 Å². The molecule has 1 saturated carbocycles. The number of hydrogen-bond donors (Lipinski definition) is 0. The van der Waals surface area contributed by atoms with Crippen molar-refractivity contribution < 1.29 is 9.53 Å². The van der Waals surface area contributed by atoms with Gasteiger partial charge in [0.25, 0.3) is 0 Å². The molecule has 0 aromatic heterocycles. The summed E-state index contributed by atoms with van der Waals surface area (Å²) in [6, 6.07) is 0.428. The zero-order chi connectivity index (χ0) is 14.2. The lowest BCUT2D eigenvalue weighted by Gasteiger charge is -2.36. The summed E-state index contributed by atoms with van der Waals surface area (Å²) >= 11 is 0. The van der Waals surface area contributed by atoms with E-state index in [0.717, 1.165) is 5.92 Å². The highest BCUT2D eigenvalue weighted by Crippen LogP contribution is 2.30. The lowest BCUT2D eigenvalue weighted by molar-refractivity contribution is -0.144. The van der Waals surface area contributed by atoms with Crippen molar-refractivity contribution in [2.24, 2.45) is 5.92 Å². The fourth-order valence-electron chi connectivity index (χ4n) is 3.86. The van der Waals surface area contributed by atoms with Crippen molar-refractivity contribution >= 4 is 5.97 Å². The molecule has 3 heteroatoms. The van der Waals surface area contributed by atoms with E-state index < -0.39 is 0 Å². The number of carbonyl (C=O) groups excluding carboxylic acids is 1. The maximum atomic E-state index is 11.9. The van der Waals surface area contributed by atoms with E-state index in [1.54, 1.807) is 0 Å². The van der Waals surface area contributed by atoms with Gasteiger partial charge in [-0.3, -0.25) is 9.69 Å². The fraction of sp³-hybridized carbons (Fsp3) is 0.941. The van der Waals surface area contributed by atoms with Gasteiger partial charge in [0.05, 0.1) is 13.0 Å². The summed E-state index contributed by atoms with van der Waals surface area (Å²) in [7, 11) is 0. The Morgan fingerprint density at radius 3 is 2.40 bits per heavy atom. The second-order valence-corrected chi connectivity index (χ2v) is 6.50. The zero-order valence-corrected chi connectivity index (χ0v) is 13.1. The Hall–Kier alpha value is -0.570. The number of nitrogens with zero attached hydrogens (tertiary/aromatic N) is 1. The first-order valence-electron chi connectivity index (χ1n) is 8.69. The van der Waals surface area contributed by atoms with E-state index >= 15 is 0 Å². The number of hydrogen-bond acceptors (Lipinski definition) is 3. The highest BCUT2D eigenvalue weighted by atomic mass is 16.5. The van der Waals surface area contributed by atoms with Crippen molar-refractivity contribution in [1.29, 1.82) is 0 Å². The maximum absolute atomic E-state index is 11.9. The van der Waals surface area contributed by atoms with Crippen LogP contribution in [0.25, 0.3) is 0 Å². The molecular formula is C17H31NO2. The summed E-state index contributed by atoms with van der Waals surface area (Å²) < 4.78 is 5.19. The minimum atomic E-state index is -0.00103. The van der Waals surface area contributed by atoms with Crippen LogP contribution in [0.5, 0.6) is 0 Å². The Kier molecular flexibility index (Phi) is 6.85. The van der Waals surface area contributed by atoms with Gasteiger partial charge in [-0.15, -0.1) is 0 Å². The Bertz CT molecular complexity index is 281. The average molecular weight is 281 g/mol. The number of esters is 1. The van der Waals surface area contributed by atoms with Gasteiger partial charge in [-0.25, -0.2) is 0 Å². The van der Waals surface area contributed by atoms with Crippen LogP contribution >= 0.6 is 0 Å². The predicted octanol–water partition coefficient (Wildman–Crippen LogP) is 3.76. The predicted molar refractivity (Wildman–Crippen MR) is 81.7 cm³/mol. The van der Waals surface area contributed by atoms with Gasteiger partial charge in [0.2, 0.25) is 0 Å². The van der Waals surface area contributed by atoms with Crippen molar-refractivity contribution in [3.05, 3.63) is 0 Å². The van der Waals surface area contributed by atoms with Gasteiger partial charge in [0.1, 0.15) is 0 Å². The van der Waals surface area contributed by atoms with Gasteiger partial charge in [-0.05, 0) is 45.2 Å². The molecule has 1 heterocycles. The van der Waals surface area contributed by atoms with Crippen LogP contribution in [0.3, 0.4) is 0 Å². The van der Waals surface area contributed by atoms with E-state index in [-0.39, 0.29) is 5.97 Å². The number of likely N-dealkylation sites (tertiary alicyclic amines) is 1. The molecule has 2 rings (SSSR count). The first-order chi connectivity index (χ1) is 9.79. The molecule has 0 spiro atoms. The molecular weight excluding hydrogens is 250 g/mol. The minimum Gasteiger partial charge on any atom is -0.466 e. The minimum absolute atomic E-state index is 0.00103. The first-order valence-corrected chi connectivity index (χ1v) is 8.69. The molecule has 1 saturated heterocycles. The Labute approximate surface area is 124 Å². The lowest BCUT2D eigenvalue weighted by atomic mass is 9.83. The number of carbonyl (C=O) groups is 1. The second-order valence-electron chi connectivity index (χ2n) is 6.50. The van der Waals surface area contributed by atoms with Gasteiger partial charge < -0.3 is 4.74 Å². The van der Waals surface area contributed by atoms with Gasteiger partial charge in [-0.1, -0.05) is 38.5 Å². The summed E-state index contributed by atoms with van der Waals surface area (Å²) in [5, 5.41) is 0. The molecule has 1 aliphatic carbocycles. The summed E-state index contributed by atoms with van der Waals surface area (Å²) in [5.74, 6) is 0.837. The Balaban J connectivity index is 1.88. The molecule has 0 bridgehead atoms. The number of rotatable bonds is 6. The van der Waals surface area contributed by atoms with Gasteiger partial charge in [0, 0.05) is 6.04 Å². The topological polar surface area (TPSA) is 29.5 Å². The normalized spacial score (nSPS) is 23.4. The first kappa shape index (κ1) is 15.8. The molecule has 3 nitrogen and oxygen atoms in total. The third-order valence-corrected chi connectivity index (χ3v) is 4.94. The third-order valence-electron chi connectivity index (χ3n) is 4.94. The molecule has 0 aromatic carbocycles. The average Bonchev–Trinajstić information content (AvgIpc) is 2.49. The molecule has 116 valence electrons. The molecule has 1 unspecified atom stereocenters. The lowest BCUT2D eigenvalue weighted by Crippen LogP contribution is -2.42. The maximum Gasteiger partial charge on any atom is 0.307 e. The summed E-state index contributed by atoms with van der Waals surface area (Å²) in [5.41, 5.74) is 0. The third kappa shape index (κ3) is 5.08. The van der Waals surface area contributed by atoms with Crippen LogP contribution < -0.4 is 0 Å². The largest absolute Gasteiger partial charge is 0.466 e. The van der Waals surface area contributed by atoms with Crippen LogP contribution in [0.15, 0.2) is 0 Å². The molecule has 20 heavy (non-hydrogen) atoms. The molecule has 2 fully saturated rings. The fourth-order valence-corrected chi connectivity index (χ4v) is 3.86. The molecule has 1 atom stereocenters. The number of piperidine rings is 1. The van der Waals surface area contributed by atoms with E-state index in [1.165, 1.54) is 70.9 Å². The van der Waals surface area contributed by atoms with Crippen molar-refractivity contribution in [2.45, 2.75) is 77.2 Å². The van der Waals surface area contributed by atoms with Gasteiger partial charge >= 0.3 is 5.97 Å². The second kappa shape index (κ2) is 8.66. The van der Waals surface area contributed by atoms with Crippen LogP contribution in [0, 0.1) is 5.92 Å². The Morgan fingerprint density at radius 1 is 1.10 bits per heavy atom. The molecule has 0 aromatic rings. The van der Waals surface area contributed by atoms with Crippen LogP contribution in [0.2, 0.25) is 0 Å².